The highest BCUT2D eigenvalue weighted by molar-refractivity contribution is 5.81. The van der Waals surface area contributed by atoms with Crippen LogP contribution < -0.4 is 10.6 Å². The summed E-state index contributed by atoms with van der Waals surface area (Å²) in [4.78, 5) is 13.6. The first-order valence-electron chi connectivity index (χ1n) is 8.27. The monoisotopic (exact) mass is 329 g/mol. The van der Waals surface area contributed by atoms with Gasteiger partial charge in [0.15, 0.2) is 5.82 Å². The van der Waals surface area contributed by atoms with E-state index >= 15 is 0 Å². The van der Waals surface area contributed by atoms with E-state index < -0.39 is 0 Å². The van der Waals surface area contributed by atoms with Crippen molar-refractivity contribution in [3.05, 3.63) is 35.9 Å². The first kappa shape index (κ1) is 16.6. The summed E-state index contributed by atoms with van der Waals surface area (Å²) in [5, 5.41) is 0. The summed E-state index contributed by atoms with van der Waals surface area (Å²) in [6, 6.07) is 6.66. The molecule has 6 heteroatoms. The summed E-state index contributed by atoms with van der Waals surface area (Å²) in [6.07, 6.45) is 2.17. The molecule has 1 fully saturated rings. The van der Waals surface area contributed by atoms with Gasteiger partial charge in [-0.15, -0.1) is 0 Å². The molecule has 1 aliphatic heterocycles. The third-order valence-electron chi connectivity index (χ3n) is 4.72. The fourth-order valence-corrected chi connectivity index (χ4v) is 3.22. The minimum atomic E-state index is -0.272. The Bertz CT molecular complexity index is 708. The van der Waals surface area contributed by atoms with Crippen molar-refractivity contribution < 1.29 is 4.39 Å². The molecule has 1 aliphatic rings. The summed E-state index contributed by atoms with van der Waals surface area (Å²) in [6.45, 7) is 4.01. The molecule has 0 unspecified atom stereocenters. The van der Waals surface area contributed by atoms with E-state index in [0.29, 0.717) is 23.2 Å². The third kappa shape index (κ3) is 3.33. The Kier molecular flexibility index (Phi) is 4.66. The molecule has 0 saturated carbocycles. The average molecular weight is 329 g/mol. The van der Waals surface area contributed by atoms with E-state index in [4.69, 9.17) is 5.73 Å². The molecule has 0 aliphatic carbocycles. The number of hydrogen-bond donors (Lipinski definition) is 1. The van der Waals surface area contributed by atoms with Crippen LogP contribution in [0.15, 0.2) is 24.3 Å². The van der Waals surface area contributed by atoms with Crippen molar-refractivity contribution in [3.63, 3.8) is 0 Å². The molecule has 0 atom stereocenters. The Labute approximate surface area is 142 Å². The van der Waals surface area contributed by atoms with Gasteiger partial charge in [-0.05, 0) is 64.2 Å². The molecule has 0 spiro atoms. The molecule has 0 radical (unpaired) electrons. The van der Waals surface area contributed by atoms with Gasteiger partial charge in [-0.25, -0.2) is 14.4 Å². The quantitative estimate of drug-likeness (QED) is 0.938. The summed E-state index contributed by atoms with van der Waals surface area (Å²) >= 11 is 0. The fraction of sp³-hybridized carbons (Fsp3) is 0.444. The number of rotatable bonds is 3. The van der Waals surface area contributed by atoms with Gasteiger partial charge >= 0.3 is 0 Å². The molecule has 128 valence electrons. The first-order chi connectivity index (χ1) is 11.5. The number of nitrogens with zero attached hydrogens (tertiary/aromatic N) is 4. The Hall–Kier alpha value is -2.21. The zero-order valence-electron chi connectivity index (χ0n) is 14.5. The molecule has 3 rings (SSSR count). The number of likely N-dealkylation sites (tertiary alicyclic amines) is 1. The van der Waals surface area contributed by atoms with E-state index in [1.54, 1.807) is 12.1 Å². The Balaban J connectivity index is 1.95. The predicted octanol–water partition coefficient (Wildman–Crippen LogP) is 2.70. The van der Waals surface area contributed by atoms with Crippen molar-refractivity contribution in [2.75, 3.05) is 37.8 Å². The second kappa shape index (κ2) is 6.73. The van der Waals surface area contributed by atoms with Crippen molar-refractivity contribution in [1.82, 2.24) is 14.9 Å². The Morgan fingerprint density at radius 2 is 1.79 bits per heavy atom. The van der Waals surface area contributed by atoms with Crippen LogP contribution in [0, 0.1) is 12.7 Å². The van der Waals surface area contributed by atoms with E-state index in [-0.39, 0.29) is 5.82 Å². The van der Waals surface area contributed by atoms with Crippen LogP contribution in [-0.2, 0) is 0 Å². The second-order valence-electron chi connectivity index (χ2n) is 6.51. The number of aromatic nitrogens is 2. The van der Waals surface area contributed by atoms with Gasteiger partial charge in [0.1, 0.15) is 17.3 Å². The van der Waals surface area contributed by atoms with E-state index in [0.717, 1.165) is 37.3 Å². The molecule has 0 amide bonds. The van der Waals surface area contributed by atoms with E-state index in [2.05, 4.69) is 26.8 Å². The zero-order valence-corrected chi connectivity index (χ0v) is 14.5. The van der Waals surface area contributed by atoms with Gasteiger partial charge in [-0.3, -0.25) is 0 Å². The maximum absolute atomic E-state index is 13.2. The van der Waals surface area contributed by atoms with Crippen LogP contribution >= 0.6 is 0 Å². The van der Waals surface area contributed by atoms with Crippen molar-refractivity contribution >= 4 is 11.5 Å². The van der Waals surface area contributed by atoms with Crippen LogP contribution in [0.4, 0.5) is 15.9 Å². The largest absolute Gasteiger partial charge is 0.394 e. The van der Waals surface area contributed by atoms with Crippen LogP contribution in [-0.4, -0.2) is 48.1 Å². The number of hydrogen-bond acceptors (Lipinski definition) is 5. The number of nitrogen functional groups attached to an aromatic ring is 1. The number of nitrogens with two attached hydrogens (primary N) is 1. The molecule has 1 saturated heterocycles. The molecule has 2 heterocycles. The topological polar surface area (TPSA) is 58.3 Å². The maximum atomic E-state index is 13.2. The molecular formula is C18H24FN5. The predicted molar refractivity (Wildman–Crippen MR) is 95.5 cm³/mol. The average Bonchev–Trinajstić information content (AvgIpc) is 2.57. The van der Waals surface area contributed by atoms with Crippen molar-refractivity contribution in [3.8, 4) is 11.3 Å². The summed E-state index contributed by atoms with van der Waals surface area (Å²) in [7, 11) is 4.19. The van der Waals surface area contributed by atoms with E-state index in [1.807, 2.05) is 14.0 Å². The molecular weight excluding hydrogens is 305 g/mol. The number of anilines is 2. The number of benzene rings is 1. The van der Waals surface area contributed by atoms with E-state index in [1.165, 1.54) is 12.1 Å². The highest BCUT2D eigenvalue weighted by Gasteiger charge is 2.24. The van der Waals surface area contributed by atoms with Gasteiger partial charge in [0, 0.05) is 18.7 Å². The SMILES string of the molecule is Cc1nc(-c2ccc(F)cc2)c(N)c(N(C)C2CCN(C)CC2)n1. The van der Waals surface area contributed by atoms with Crippen LogP contribution in [0.5, 0.6) is 0 Å². The lowest BCUT2D eigenvalue weighted by Crippen LogP contribution is -2.42. The van der Waals surface area contributed by atoms with Gasteiger partial charge in [0.2, 0.25) is 0 Å². The number of halogens is 1. The maximum Gasteiger partial charge on any atom is 0.156 e. The molecule has 0 bridgehead atoms. The highest BCUT2D eigenvalue weighted by atomic mass is 19.1. The Morgan fingerprint density at radius 1 is 1.17 bits per heavy atom. The zero-order chi connectivity index (χ0) is 17.3. The molecule has 2 N–H and O–H groups in total. The fourth-order valence-electron chi connectivity index (χ4n) is 3.22. The molecule has 24 heavy (non-hydrogen) atoms. The van der Waals surface area contributed by atoms with Crippen LogP contribution in [0.3, 0.4) is 0 Å². The normalized spacial score (nSPS) is 16.3. The lowest BCUT2D eigenvalue weighted by atomic mass is 10.0. The van der Waals surface area contributed by atoms with Gasteiger partial charge < -0.3 is 15.5 Å². The molecule has 1 aromatic heterocycles. The first-order valence-corrected chi connectivity index (χ1v) is 8.27. The third-order valence-corrected chi connectivity index (χ3v) is 4.72. The lowest BCUT2D eigenvalue weighted by Gasteiger charge is -2.36. The summed E-state index contributed by atoms with van der Waals surface area (Å²) < 4.78 is 13.2. The minimum absolute atomic E-state index is 0.272. The highest BCUT2D eigenvalue weighted by Crippen LogP contribution is 2.32. The van der Waals surface area contributed by atoms with Gasteiger partial charge in [-0.2, -0.15) is 0 Å². The minimum Gasteiger partial charge on any atom is -0.394 e. The van der Waals surface area contributed by atoms with Crippen molar-refractivity contribution in [2.24, 2.45) is 0 Å². The molecule has 2 aromatic rings. The van der Waals surface area contributed by atoms with Crippen LogP contribution in [0.25, 0.3) is 11.3 Å². The second-order valence-corrected chi connectivity index (χ2v) is 6.51. The number of aryl methyl sites for hydroxylation is 1. The lowest BCUT2D eigenvalue weighted by molar-refractivity contribution is 0.252. The van der Waals surface area contributed by atoms with Gasteiger partial charge in [0.25, 0.3) is 0 Å². The summed E-state index contributed by atoms with van der Waals surface area (Å²) in [5.74, 6) is 1.15. The molecule has 1 aromatic carbocycles. The van der Waals surface area contributed by atoms with Crippen molar-refractivity contribution in [2.45, 2.75) is 25.8 Å². The van der Waals surface area contributed by atoms with Crippen LogP contribution in [0.1, 0.15) is 18.7 Å². The van der Waals surface area contributed by atoms with E-state index in [9.17, 15) is 4.39 Å². The number of piperidine rings is 1. The van der Waals surface area contributed by atoms with Gasteiger partial charge in [0.05, 0.1) is 5.69 Å². The Morgan fingerprint density at radius 3 is 2.42 bits per heavy atom. The van der Waals surface area contributed by atoms with Crippen LogP contribution in [0.2, 0.25) is 0 Å². The standard InChI is InChI=1S/C18H24FN5/c1-12-21-17(13-4-6-14(19)7-5-13)16(20)18(22-12)24(3)15-8-10-23(2)11-9-15/h4-7,15H,8-11,20H2,1-3H3. The smallest absolute Gasteiger partial charge is 0.156 e. The summed E-state index contributed by atoms with van der Waals surface area (Å²) in [5.41, 5.74) is 8.40. The van der Waals surface area contributed by atoms with Crippen molar-refractivity contribution in [1.29, 1.82) is 0 Å². The van der Waals surface area contributed by atoms with Gasteiger partial charge in [-0.1, -0.05) is 0 Å². The molecule has 5 nitrogen and oxygen atoms in total.